The third-order valence-electron chi connectivity index (χ3n) is 3.72. The van der Waals surface area contributed by atoms with Crippen molar-refractivity contribution in [3.05, 3.63) is 0 Å². The highest BCUT2D eigenvalue weighted by Crippen LogP contribution is 2.40. The molecule has 0 spiro atoms. The average molecular weight is 207 g/mol. The number of terminal acetylenes is 1. The van der Waals surface area contributed by atoms with Gasteiger partial charge in [0.15, 0.2) is 0 Å². The highest BCUT2D eigenvalue weighted by atomic mass is 16.5. The number of likely N-dealkylation sites (tertiary alicyclic amines) is 1. The lowest BCUT2D eigenvalue weighted by Gasteiger charge is -2.26. The van der Waals surface area contributed by atoms with Crippen molar-refractivity contribution in [1.82, 2.24) is 4.90 Å². The fourth-order valence-corrected chi connectivity index (χ4v) is 2.99. The van der Waals surface area contributed by atoms with E-state index in [1.807, 2.05) is 0 Å². The standard InChI is InChI=1S/C12H17NO2/c1-3-11-10-7-5-4-6-9(10)8-13(11)12(14)15-2/h1,9-11H,4-8H2,2H3. The van der Waals surface area contributed by atoms with Gasteiger partial charge in [-0.05, 0) is 24.7 Å². The molecule has 0 aromatic carbocycles. The van der Waals surface area contributed by atoms with Crippen molar-refractivity contribution in [3.63, 3.8) is 0 Å². The summed E-state index contributed by atoms with van der Waals surface area (Å²) >= 11 is 0. The van der Waals surface area contributed by atoms with Crippen molar-refractivity contribution in [2.24, 2.45) is 11.8 Å². The van der Waals surface area contributed by atoms with Crippen molar-refractivity contribution in [3.8, 4) is 12.3 Å². The van der Waals surface area contributed by atoms with Crippen LogP contribution in [0.4, 0.5) is 4.79 Å². The van der Waals surface area contributed by atoms with Crippen LogP contribution in [-0.4, -0.2) is 30.7 Å². The van der Waals surface area contributed by atoms with E-state index in [2.05, 4.69) is 5.92 Å². The molecule has 1 aliphatic heterocycles. The van der Waals surface area contributed by atoms with Gasteiger partial charge in [0.2, 0.25) is 0 Å². The van der Waals surface area contributed by atoms with Crippen LogP contribution in [0.2, 0.25) is 0 Å². The van der Waals surface area contributed by atoms with Crippen molar-refractivity contribution >= 4 is 6.09 Å². The SMILES string of the molecule is C#CC1C2CCCCC2CN1C(=O)OC. The van der Waals surface area contributed by atoms with Crippen LogP contribution in [0.5, 0.6) is 0 Å². The zero-order valence-corrected chi connectivity index (χ0v) is 9.11. The molecule has 15 heavy (non-hydrogen) atoms. The van der Waals surface area contributed by atoms with E-state index in [1.54, 1.807) is 4.90 Å². The Hall–Kier alpha value is -1.17. The Morgan fingerprint density at radius 1 is 1.47 bits per heavy atom. The number of nitrogens with zero attached hydrogens (tertiary/aromatic N) is 1. The second-order valence-corrected chi connectivity index (χ2v) is 4.44. The van der Waals surface area contributed by atoms with Crippen LogP contribution < -0.4 is 0 Å². The maximum atomic E-state index is 11.5. The number of carbonyl (C=O) groups is 1. The number of ether oxygens (including phenoxy) is 1. The molecule has 0 aromatic heterocycles. The van der Waals surface area contributed by atoms with Crippen LogP contribution in [-0.2, 0) is 4.74 Å². The first-order valence-electron chi connectivity index (χ1n) is 5.58. The Balaban J connectivity index is 2.14. The van der Waals surface area contributed by atoms with Gasteiger partial charge in [0.25, 0.3) is 0 Å². The second kappa shape index (κ2) is 4.14. The molecule has 3 unspecified atom stereocenters. The third-order valence-corrected chi connectivity index (χ3v) is 3.72. The molecule has 1 amide bonds. The molecule has 2 rings (SSSR count). The smallest absolute Gasteiger partial charge is 0.410 e. The molecule has 1 saturated heterocycles. The van der Waals surface area contributed by atoms with E-state index in [4.69, 9.17) is 11.2 Å². The van der Waals surface area contributed by atoms with Gasteiger partial charge in [-0.15, -0.1) is 6.42 Å². The minimum Gasteiger partial charge on any atom is -0.453 e. The summed E-state index contributed by atoms with van der Waals surface area (Å²) < 4.78 is 4.76. The lowest BCUT2D eigenvalue weighted by atomic mass is 9.79. The van der Waals surface area contributed by atoms with E-state index in [1.165, 1.54) is 26.4 Å². The van der Waals surface area contributed by atoms with Crippen LogP contribution in [0.1, 0.15) is 25.7 Å². The van der Waals surface area contributed by atoms with Gasteiger partial charge in [-0.1, -0.05) is 18.8 Å². The molecular weight excluding hydrogens is 190 g/mol. The monoisotopic (exact) mass is 207 g/mol. The lowest BCUT2D eigenvalue weighted by Crippen LogP contribution is -2.36. The maximum absolute atomic E-state index is 11.5. The molecule has 0 aromatic rings. The largest absolute Gasteiger partial charge is 0.453 e. The number of carbonyl (C=O) groups excluding carboxylic acids is 1. The predicted molar refractivity (Wildman–Crippen MR) is 57.2 cm³/mol. The topological polar surface area (TPSA) is 29.5 Å². The summed E-state index contributed by atoms with van der Waals surface area (Å²) in [7, 11) is 1.41. The summed E-state index contributed by atoms with van der Waals surface area (Å²) in [6.45, 7) is 0.784. The fraction of sp³-hybridized carbons (Fsp3) is 0.750. The Morgan fingerprint density at radius 2 is 2.20 bits per heavy atom. The maximum Gasteiger partial charge on any atom is 0.410 e. The first-order valence-corrected chi connectivity index (χ1v) is 5.58. The van der Waals surface area contributed by atoms with Crippen molar-refractivity contribution in [1.29, 1.82) is 0 Å². The van der Waals surface area contributed by atoms with Gasteiger partial charge < -0.3 is 4.74 Å². The van der Waals surface area contributed by atoms with Crippen LogP contribution in [0.15, 0.2) is 0 Å². The van der Waals surface area contributed by atoms with Crippen molar-refractivity contribution in [2.75, 3.05) is 13.7 Å². The molecular formula is C12H17NO2. The number of fused-ring (bicyclic) bond motifs is 1. The highest BCUT2D eigenvalue weighted by Gasteiger charge is 2.44. The molecule has 3 nitrogen and oxygen atoms in total. The zero-order valence-electron chi connectivity index (χ0n) is 9.11. The molecule has 2 fully saturated rings. The number of methoxy groups -OCH3 is 1. The average Bonchev–Trinajstić information content (AvgIpc) is 2.66. The molecule has 2 aliphatic rings. The summed E-state index contributed by atoms with van der Waals surface area (Å²) in [5.41, 5.74) is 0. The Kier molecular flexibility index (Phi) is 2.86. The molecule has 82 valence electrons. The summed E-state index contributed by atoms with van der Waals surface area (Å²) in [4.78, 5) is 13.3. The van der Waals surface area contributed by atoms with Gasteiger partial charge in [-0.3, -0.25) is 4.90 Å². The summed E-state index contributed by atoms with van der Waals surface area (Å²) in [5, 5.41) is 0. The molecule has 1 heterocycles. The van der Waals surface area contributed by atoms with Crippen LogP contribution in [0, 0.1) is 24.2 Å². The molecule has 3 atom stereocenters. The van der Waals surface area contributed by atoms with E-state index in [9.17, 15) is 4.79 Å². The Labute approximate surface area is 90.8 Å². The predicted octanol–water partition coefficient (Wildman–Crippen LogP) is 1.88. The van der Waals surface area contributed by atoms with Gasteiger partial charge in [0.05, 0.1) is 13.2 Å². The summed E-state index contributed by atoms with van der Waals surface area (Å²) in [6.07, 6.45) is 10.1. The number of hydrogen-bond donors (Lipinski definition) is 0. The van der Waals surface area contributed by atoms with Gasteiger partial charge >= 0.3 is 6.09 Å². The normalized spacial score (nSPS) is 34.4. The lowest BCUT2D eigenvalue weighted by molar-refractivity contribution is 0.123. The van der Waals surface area contributed by atoms with E-state index in [-0.39, 0.29) is 12.1 Å². The first kappa shape index (κ1) is 10.4. The van der Waals surface area contributed by atoms with Crippen molar-refractivity contribution < 1.29 is 9.53 Å². The van der Waals surface area contributed by atoms with E-state index in [0.29, 0.717) is 11.8 Å². The zero-order chi connectivity index (χ0) is 10.8. The molecule has 0 N–H and O–H groups in total. The number of hydrogen-bond acceptors (Lipinski definition) is 2. The van der Waals surface area contributed by atoms with Gasteiger partial charge in [-0.2, -0.15) is 0 Å². The van der Waals surface area contributed by atoms with E-state index >= 15 is 0 Å². The highest BCUT2D eigenvalue weighted by molar-refractivity contribution is 5.69. The second-order valence-electron chi connectivity index (χ2n) is 4.44. The summed E-state index contributed by atoms with van der Waals surface area (Å²) in [6, 6.07) is -0.0391. The van der Waals surface area contributed by atoms with Crippen LogP contribution >= 0.6 is 0 Å². The van der Waals surface area contributed by atoms with Crippen LogP contribution in [0.25, 0.3) is 0 Å². The van der Waals surface area contributed by atoms with Crippen molar-refractivity contribution in [2.45, 2.75) is 31.7 Å². The number of rotatable bonds is 0. The van der Waals surface area contributed by atoms with E-state index < -0.39 is 0 Å². The summed E-state index contributed by atoms with van der Waals surface area (Å²) in [5.74, 6) is 3.85. The van der Waals surface area contributed by atoms with Gasteiger partial charge in [0, 0.05) is 6.54 Å². The third kappa shape index (κ3) is 1.69. The van der Waals surface area contributed by atoms with Gasteiger partial charge in [-0.25, -0.2) is 4.79 Å². The quantitative estimate of drug-likeness (QED) is 0.567. The first-order chi connectivity index (χ1) is 7.27. The van der Waals surface area contributed by atoms with Crippen LogP contribution in [0.3, 0.4) is 0 Å². The fourth-order valence-electron chi connectivity index (χ4n) is 2.99. The van der Waals surface area contributed by atoms with E-state index in [0.717, 1.165) is 13.0 Å². The Morgan fingerprint density at radius 3 is 2.87 bits per heavy atom. The molecule has 1 aliphatic carbocycles. The minimum atomic E-state index is -0.271. The molecule has 0 radical (unpaired) electrons. The van der Waals surface area contributed by atoms with Gasteiger partial charge in [0.1, 0.15) is 0 Å². The molecule has 0 bridgehead atoms. The molecule has 1 saturated carbocycles. The molecule has 3 heteroatoms. The number of amides is 1. The minimum absolute atomic E-state index is 0.0391. The Bertz CT molecular complexity index is 294.